The van der Waals surface area contributed by atoms with Gasteiger partial charge < -0.3 is 0 Å². The van der Waals surface area contributed by atoms with Crippen LogP contribution in [0.15, 0.2) is 23.1 Å². The molecule has 1 rings (SSSR count). The Kier molecular flexibility index (Phi) is 3.93. The maximum atomic E-state index is 12.0. The second kappa shape index (κ2) is 4.95. The molecule has 102 valence electrons. The van der Waals surface area contributed by atoms with Crippen molar-refractivity contribution in [2.45, 2.75) is 31.2 Å². The lowest BCUT2D eigenvalue weighted by atomic mass is 10.1. The molecule has 0 amide bonds. The molecule has 1 aromatic carbocycles. The van der Waals surface area contributed by atoms with Crippen molar-refractivity contribution >= 4 is 15.7 Å². The lowest BCUT2D eigenvalue weighted by Gasteiger charge is -2.17. The van der Waals surface area contributed by atoms with Crippen LogP contribution in [0.3, 0.4) is 0 Å². The zero-order valence-electron chi connectivity index (χ0n) is 10.7. The van der Waals surface area contributed by atoms with E-state index in [-0.39, 0.29) is 10.6 Å². The summed E-state index contributed by atoms with van der Waals surface area (Å²) in [6, 6.07) is 5.38. The fourth-order valence-electron chi connectivity index (χ4n) is 1.37. The van der Waals surface area contributed by atoms with Gasteiger partial charge in [-0.05, 0) is 26.8 Å². The van der Waals surface area contributed by atoms with Crippen LogP contribution in [0.1, 0.15) is 19.4 Å². The number of benzene rings is 1. The van der Waals surface area contributed by atoms with Crippen LogP contribution in [0, 0.1) is 28.4 Å². The Balaban J connectivity index is 3.28. The molecule has 1 N–H and O–H groups in total. The van der Waals surface area contributed by atoms with Crippen molar-refractivity contribution in [3.63, 3.8) is 0 Å². The van der Waals surface area contributed by atoms with Crippen molar-refractivity contribution < 1.29 is 13.3 Å². The van der Waals surface area contributed by atoms with Crippen LogP contribution in [0.2, 0.25) is 0 Å². The summed E-state index contributed by atoms with van der Waals surface area (Å²) in [6.07, 6.45) is 0. The Morgan fingerprint density at radius 3 is 2.47 bits per heavy atom. The molecule has 0 aliphatic rings. The van der Waals surface area contributed by atoms with Crippen LogP contribution in [-0.2, 0) is 10.0 Å². The van der Waals surface area contributed by atoms with E-state index in [1.807, 2.05) is 0 Å². The average Bonchev–Trinajstić information content (AvgIpc) is 2.27. The summed E-state index contributed by atoms with van der Waals surface area (Å²) >= 11 is 0. The molecule has 7 nitrogen and oxygen atoms in total. The zero-order chi connectivity index (χ0) is 14.8. The summed E-state index contributed by atoms with van der Waals surface area (Å²) in [5.74, 6) is 0. The minimum absolute atomic E-state index is 0.242. The normalized spacial score (nSPS) is 11.9. The fraction of sp³-hybridized carbons (Fsp3) is 0.364. The molecule has 0 aromatic heterocycles. The first-order valence-corrected chi connectivity index (χ1v) is 6.78. The van der Waals surface area contributed by atoms with Gasteiger partial charge in [-0.1, -0.05) is 6.07 Å². The van der Waals surface area contributed by atoms with Crippen molar-refractivity contribution in [1.82, 2.24) is 4.72 Å². The second-order valence-corrected chi connectivity index (χ2v) is 6.23. The molecule has 0 aliphatic heterocycles. The van der Waals surface area contributed by atoms with Crippen molar-refractivity contribution in [3.05, 3.63) is 33.9 Å². The number of sulfonamides is 1. The van der Waals surface area contributed by atoms with E-state index in [1.165, 1.54) is 32.9 Å². The van der Waals surface area contributed by atoms with Crippen LogP contribution in [-0.4, -0.2) is 18.9 Å². The summed E-state index contributed by atoms with van der Waals surface area (Å²) in [5.41, 5.74) is -1.21. The lowest BCUT2D eigenvalue weighted by Crippen LogP contribution is -2.41. The monoisotopic (exact) mass is 283 g/mol. The highest BCUT2D eigenvalue weighted by Crippen LogP contribution is 2.22. The van der Waals surface area contributed by atoms with Gasteiger partial charge >= 0.3 is 0 Å². The van der Waals surface area contributed by atoms with E-state index < -0.39 is 20.5 Å². The highest BCUT2D eigenvalue weighted by Gasteiger charge is 2.27. The predicted molar refractivity (Wildman–Crippen MR) is 67.8 cm³/mol. The minimum Gasteiger partial charge on any atom is -0.258 e. The van der Waals surface area contributed by atoms with Crippen LogP contribution in [0.5, 0.6) is 0 Å². The second-order valence-electron chi connectivity index (χ2n) is 4.55. The molecular weight excluding hydrogens is 270 g/mol. The van der Waals surface area contributed by atoms with E-state index in [4.69, 9.17) is 5.26 Å². The molecule has 8 heteroatoms. The molecule has 0 unspecified atom stereocenters. The molecule has 19 heavy (non-hydrogen) atoms. The predicted octanol–water partition coefficient (Wildman–Crippen LogP) is 1.48. The summed E-state index contributed by atoms with van der Waals surface area (Å²) in [6.45, 7) is 4.31. The zero-order valence-corrected chi connectivity index (χ0v) is 11.5. The van der Waals surface area contributed by atoms with Gasteiger partial charge in [0.1, 0.15) is 5.54 Å². The Hall–Kier alpha value is -1.98. The third kappa shape index (κ3) is 3.49. The minimum atomic E-state index is -3.98. The van der Waals surface area contributed by atoms with Crippen molar-refractivity contribution in [2.75, 3.05) is 0 Å². The topological polar surface area (TPSA) is 113 Å². The Morgan fingerprint density at radius 2 is 2.00 bits per heavy atom. The van der Waals surface area contributed by atoms with E-state index in [9.17, 15) is 18.5 Å². The quantitative estimate of drug-likeness (QED) is 0.664. The standard InChI is InChI=1S/C11H13N3O4S/c1-8-4-5-9(6-10(8)14(15)16)19(17,18)13-11(2,3)7-12/h4-6,13H,1-3H3. The van der Waals surface area contributed by atoms with Crippen molar-refractivity contribution in [3.8, 4) is 6.07 Å². The van der Waals surface area contributed by atoms with Crippen LogP contribution >= 0.6 is 0 Å². The summed E-state index contributed by atoms with van der Waals surface area (Å²) in [7, 11) is -3.98. The molecule has 0 radical (unpaired) electrons. The maximum Gasteiger partial charge on any atom is 0.273 e. The van der Waals surface area contributed by atoms with E-state index in [1.54, 1.807) is 6.07 Å². The molecule has 0 atom stereocenters. The van der Waals surface area contributed by atoms with Gasteiger partial charge in [-0.25, -0.2) is 8.42 Å². The van der Waals surface area contributed by atoms with E-state index in [2.05, 4.69) is 4.72 Å². The van der Waals surface area contributed by atoms with Gasteiger partial charge in [-0.3, -0.25) is 10.1 Å². The number of aryl methyl sites for hydroxylation is 1. The van der Waals surface area contributed by atoms with Gasteiger partial charge in [-0.15, -0.1) is 0 Å². The number of nitro benzene ring substituents is 1. The lowest BCUT2D eigenvalue weighted by molar-refractivity contribution is -0.385. The number of nitrogens with one attached hydrogen (secondary N) is 1. The molecule has 0 heterocycles. The highest BCUT2D eigenvalue weighted by molar-refractivity contribution is 7.89. The van der Waals surface area contributed by atoms with Crippen LogP contribution in [0.25, 0.3) is 0 Å². The molecule has 0 fully saturated rings. The Bertz CT molecular complexity index is 659. The third-order valence-electron chi connectivity index (χ3n) is 2.36. The maximum absolute atomic E-state index is 12.0. The number of nitrogens with zero attached hydrogens (tertiary/aromatic N) is 2. The van der Waals surface area contributed by atoms with Gasteiger partial charge in [-0.2, -0.15) is 9.98 Å². The molecular formula is C11H13N3O4S. The molecule has 0 bridgehead atoms. The van der Waals surface area contributed by atoms with Gasteiger partial charge in [0.15, 0.2) is 0 Å². The van der Waals surface area contributed by atoms with Gasteiger partial charge in [0.05, 0.1) is 15.9 Å². The average molecular weight is 283 g/mol. The molecule has 1 aromatic rings. The van der Waals surface area contributed by atoms with E-state index >= 15 is 0 Å². The van der Waals surface area contributed by atoms with Gasteiger partial charge in [0, 0.05) is 11.6 Å². The van der Waals surface area contributed by atoms with Crippen LogP contribution in [0.4, 0.5) is 5.69 Å². The number of rotatable bonds is 4. The van der Waals surface area contributed by atoms with Crippen molar-refractivity contribution in [2.24, 2.45) is 0 Å². The first-order chi connectivity index (χ1) is 8.59. The molecule has 0 saturated heterocycles. The van der Waals surface area contributed by atoms with Gasteiger partial charge in [0.2, 0.25) is 10.0 Å². The SMILES string of the molecule is Cc1ccc(S(=O)(=O)NC(C)(C)C#N)cc1[N+](=O)[O-]. The summed E-state index contributed by atoms with van der Waals surface area (Å²) in [4.78, 5) is 9.89. The largest absolute Gasteiger partial charge is 0.273 e. The molecule has 0 saturated carbocycles. The Morgan fingerprint density at radius 1 is 1.42 bits per heavy atom. The highest BCUT2D eigenvalue weighted by atomic mass is 32.2. The summed E-state index contributed by atoms with van der Waals surface area (Å²) in [5, 5.41) is 19.6. The summed E-state index contributed by atoms with van der Waals surface area (Å²) < 4.78 is 26.2. The fourth-order valence-corrected chi connectivity index (χ4v) is 2.72. The smallest absolute Gasteiger partial charge is 0.258 e. The van der Waals surface area contributed by atoms with Crippen molar-refractivity contribution in [1.29, 1.82) is 5.26 Å². The number of hydrogen-bond donors (Lipinski definition) is 1. The molecule has 0 aliphatic carbocycles. The third-order valence-corrected chi connectivity index (χ3v) is 4.01. The van der Waals surface area contributed by atoms with E-state index in [0.29, 0.717) is 5.56 Å². The number of nitro groups is 1. The Labute approximate surface area is 111 Å². The first-order valence-electron chi connectivity index (χ1n) is 5.29. The number of nitriles is 1. The van der Waals surface area contributed by atoms with Crippen LogP contribution < -0.4 is 4.72 Å². The van der Waals surface area contributed by atoms with E-state index in [0.717, 1.165) is 6.07 Å². The van der Waals surface area contributed by atoms with Gasteiger partial charge in [0.25, 0.3) is 5.69 Å². The number of hydrogen-bond acceptors (Lipinski definition) is 5. The molecule has 0 spiro atoms. The first kappa shape index (κ1) is 15.1.